The third-order valence-corrected chi connectivity index (χ3v) is 6.95. The fraction of sp³-hybridized carbons (Fsp3) is 0.550. The van der Waals surface area contributed by atoms with Crippen LogP contribution in [0.15, 0.2) is 29.2 Å². The summed E-state index contributed by atoms with van der Waals surface area (Å²) in [6.45, 7) is 3.75. The smallest absolute Gasteiger partial charge is 0.243 e. The summed E-state index contributed by atoms with van der Waals surface area (Å²) < 4.78 is 26.3. The SMILES string of the molecule is CC(=O)Nc1ccc(S(=O)(=O)N(C)CC(=O)NCCCN2CCCC(C(N)=O)C2)cc1. The molecule has 0 aromatic heterocycles. The molecule has 1 heterocycles. The lowest BCUT2D eigenvalue weighted by molar-refractivity contribution is -0.123. The van der Waals surface area contributed by atoms with Crippen LogP contribution in [0.5, 0.6) is 0 Å². The van der Waals surface area contributed by atoms with E-state index in [4.69, 9.17) is 5.73 Å². The van der Waals surface area contributed by atoms with Gasteiger partial charge in [-0.1, -0.05) is 0 Å². The van der Waals surface area contributed by atoms with Gasteiger partial charge in [-0.05, 0) is 56.6 Å². The molecule has 0 aliphatic carbocycles. The summed E-state index contributed by atoms with van der Waals surface area (Å²) in [5, 5.41) is 5.30. The van der Waals surface area contributed by atoms with Crippen molar-refractivity contribution < 1.29 is 22.8 Å². The Morgan fingerprint density at radius 3 is 2.52 bits per heavy atom. The molecule has 1 unspecified atom stereocenters. The lowest BCUT2D eigenvalue weighted by atomic mass is 9.97. The number of nitrogens with zero attached hydrogens (tertiary/aromatic N) is 2. The van der Waals surface area contributed by atoms with E-state index < -0.39 is 15.9 Å². The van der Waals surface area contributed by atoms with Gasteiger partial charge < -0.3 is 21.3 Å². The second-order valence-corrected chi connectivity index (χ2v) is 9.76. The minimum atomic E-state index is -3.83. The molecule has 31 heavy (non-hydrogen) atoms. The Balaban J connectivity index is 1.77. The zero-order valence-electron chi connectivity index (χ0n) is 18.0. The maximum absolute atomic E-state index is 12.6. The summed E-state index contributed by atoms with van der Waals surface area (Å²) in [6.07, 6.45) is 2.44. The molecule has 0 saturated carbocycles. The number of likely N-dealkylation sites (tertiary alicyclic amines) is 1. The molecule has 0 radical (unpaired) electrons. The molecule has 4 N–H and O–H groups in total. The molecular formula is C20H31N5O5S. The van der Waals surface area contributed by atoms with Crippen LogP contribution < -0.4 is 16.4 Å². The number of primary amides is 1. The summed E-state index contributed by atoms with van der Waals surface area (Å²) in [4.78, 5) is 36.7. The van der Waals surface area contributed by atoms with Crippen LogP contribution in [0.25, 0.3) is 0 Å². The summed E-state index contributed by atoms with van der Waals surface area (Å²) in [7, 11) is -2.49. The van der Waals surface area contributed by atoms with Gasteiger partial charge in [0.05, 0.1) is 17.4 Å². The van der Waals surface area contributed by atoms with Crippen molar-refractivity contribution in [1.29, 1.82) is 0 Å². The van der Waals surface area contributed by atoms with Crippen LogP contribution >= 0.6 is 0 Å². The van der Waals surface area contributed by atoms with Crippen molar-refractivity contribution in [3.8, 4) is 0 Å². The largest absolute Gasteiger partial charge is 0.369 e. The normalized spacial score (nSPS) is 17.3. The average molecular weight is 454 g/mol. The highest BCUT2D eigenvalue weighted by Crippen LogP contribution is 2.18. The molecule has 1 aliphatic rings. The van der Waals surface area contributed by atoms with Gasteiger partial charge in [-0.15, -0.1) is 0 Å². The van der Waals surface area contributed by atoms with Gasteiger partial charge in [0.25, 0.3) is 0 Å². The molecule has 10 nitrogen and oxygen atoms in total. The molecule has 172 valence electrons. The number of piperidine rings is 1. The number of amides is 3. The summed E-state index contributed by atoms with van der Waals surface area (Å²) in [6, 6.07) is 5.75. The molecule has 1 atom stereocenters. The zero-order valence-corrected chi connectivity index (χ0v) is 18.8. The number of hydrogen-bond acceptors (Lipinski definition) is 6. The van der Waals surface area contributed by atoms with E-state index in [-0.39, 0.29) is 29.2 Å². The summed E-state index contributed by atoms with van der Waals surface area (Å²) in [5.41, 5.74) is 5.87. The molecule has 11 heteroatoms. The number of hydrogen-bond donors (Lipinski definition) is 3. The maximum Gasteiger partial charge on any atom is 0.243 e. The van der Waals surface area contributed by atoms with E-state index in [1.54, 1.807) is 0 Å². The number of sulfonamides is 1. The first kappa shape index (κ1) is 24.8. The lowest BCUT2D eigenvalue weighted by Crippen LogP contribution is -2.42. The second kappa shape index (κ2) is 11.2. The van der Waals surface area contributed by atoms with E-state index in [9.17, 15) is 22.8 Å². The summed E-state index contributed by atoms with van der Waals surface area (Å²) >= 11 is 0. The number of carbonyl (C=O) groups is 3. The van der Waals surface area contributed by atoms with Gasteiger partial charge in [-0.2, -0.15) is 4.31 Å². The number of rotatable bonds is 10. The number of likely N-dealkylation sites (N-methyl/N-ethyl adjacent to an activating group) is 1. The Hall–Kier alpha value is -2.50. The van der Waals surface area contributed by atoms with Gasteiger partial charge in [0, 0.05) is 32.7 Å². The van der Waals surface area contributed by atoms with Gasteiger partial charge in [0.15, 0.2) is 0 Å². The highest BCUT2D eigenvalue weighted by atomic mass is 32.2. The average Bonchev–Trinajstić information content (AvgIpc) is 2.71. The van der Waals surface area contributed by atoms with E-state index >= 15 is 0 Å². The minimum Gasteiger partial charge on any atom is -0.369 e. The number of carbonyl (C=O) groups excluding carboxylic acids is 3. The van der Waals surface area contributed by atoms with Crippen LogP contribution in [0.4, 0.5) is 5.69 Å². The third-order valence-electron chi connectivity index (χ3n) is 5.13. The zero-order chi connectivity index (χ0) is 23.0. The molecule has 3 amide bonds. The third kappa shape index (κ3) is 7.60. The van der Waals surface area contributed by atoms with Crippen molar-refractivity contribution >= 4 is 33.4 Å². The monoisotopic (exact) mass is 453 g/mol. The molecule has 1 aromatic rings. The van der Waals surface area contributed by atoms with Crippen LogP contribution in [0.1, 0.15) is 26.2 Å². The quantitative estimate of drug-likeness (QED) is 0.425. The maximum atomic E-state index is 12.6. The Kier molecular flexibility index (Phi) is 8.96. The van der Waals surface area contributed by atoms with Gasteiger partial charge in [0.1, 0.15) is 0 Å². The van der Waals surface area contributed by atoms with Crippen molar-refractivity contribution in [3.63, 3.8) is 0 Å². The standard InChI is InChI=1S/C20H31N5O5S/c1-15(26)23-17-6-8-18(9-7-17)31(29,30)24(2)14-19(27)22-10-4-12-25-11-3-5-16(13-25)20(21)28/h6-9,16H,3-5,10-14H2,1-2H3,(H2,21,28)(H,22,27)(H,23,26). The Morgan fingerprint density at radius 1 is 1.23 bits per heavy atom. The van der Waals surface area contributed by atoms with Crippen molar-refractivity contribution in [1.82, 2.24) is 14.5 Å². The lowest BCUT2D eigenvalue weighted by Gasteiger charge is -2.31. The van der Waals surface area contributed by atoms with Crippen molar-refractivity contribution in [3.05, 3.63) is 24.3 Å². The predicted molar refractivity (Wildman–Crippen MR) is 117 cm³/mol. The van der Waals surface area contributed by atoms with Crippen molar-refractivity contribution in [2.24, 2.45) is 11.7 Å². The molecule has 1 fully saturated rings. The highest BCUT2D eigenvalue weighted by Gasteiger charge is 2.24. The van der Waals surface area contributed by atoms with Gasteiger partial charge >= 0.3 is 0 Å². The van der Waals surface area contributed by atoms with Gasteiger partial charge in [0.2, 0.25) is 27.7 Å². The first-order chi connectivity index (χ1) is 14.6. The van der Waals surface area contributed by atoms with Gasteiger partial charge in [-0.25, -0.2) is 8.42 Å². The van der Waals surface area contributed by atoms with E-state index in [0.717, 1.165) is 30.2 Å². The fourth-order valence-corrected chi connectivity index (χ4v) is 4.59. The molecule has 2 rings (SSSR count). The van der Waals surface area contributed by atoms with E-state index in [0.29, 0.717) is 25.2 Å². The van der Waals surface area contributed by atoms with Crippen molar-refractivity contribution in [2.75, 3.05) is 45.1 Å². The fourth-order valence-electron chi connectivity index (χ4n) is 3.46. The number of anilines is 1. The first-order valence-electron chi connectivity index (χ1n) is 10.2. The van der Waals surface area contributed by atoms with Gasteiger partial charge in [-0.3, -0.25) is 14.4 Å². The van der Waals surface area contributed by atoms with E-state index in [1.165, 1.54) is 38.2 Å². The molecule has 0 bridgehead atoms. The molecule has 1 aliphatic heterocycles. The van der Waals surface area contributed by atoms with Crippen LogP contribution in [-0.2, 0) is 24.4 Å². The Morgan fingerprint density at radius 2 is 1.90 bits per heavy atom. The van der Waals surface area contributed by atoms with Crippen LogP contribution in [0.3, 0.4) is 0 Å². The summed E-state index contributed by atoms with van der Waals surface area (Å²) in [5.74, 6) is -1.03. The second-order valence-electron chi connectivity index (χ2n) is 7.71. The minimum absolute atomic E-state index is 0.0333. The van der Waals surface area contributed by atoms with E-state index in [2.05, 4.69) is 15.5 Å². The number of benzene rings is 1. The Labute approximate surface area is 183 Å². The number of nitrogens with one attached hydrogen (secondary N) is 2. The number of nitrogens with two attached hydrogens (primary N) is 1. The molecule has 1 saturated heterocycles. The van der Waals surface area contributed by atoms with Crippen LogP contribution in [-0.4, -0.2) is 75.1 Å². The predicted octanol–water partition coefficient (Wildman–Crippen LogP) is -0.0309. The highest BCUT2D eigenvalue weighted by molar-refractivity contribution is 7.89. The van der Waals surface area contributed by atoms with Crippen LogP contribution in [0, 0.1) is 5.92 Å². The molecular weight excluding hydrogens is 422 g/mol. The molecule has 0 spiro atoms. The molecule has 1 aromatic carbocycles. The van der Waals surface area contributed by atoms with E-state index in [1.807, 2.05) is 0 Å². The first-order valence-corrected chi connectivity index (χ1v) is 11.7. The van der Waals surface area contributed by atoms with Crippen LogP contribution in [0.2, 0.25) is 0 Å². The Bertz CT molecular complexity index is 888. The topological polar surface area (TPSA) is 142 Å². The van der Waals surface area contributed by atoms with Crippen molar-refractivity contribution in [2.45, 2.75) is 31.1 Å².